The van der Waals surface area contributed by atoms with Crippen molar-refractivity contribution in [2.75, 3.05) is 31.2 Å². The fraction of sp³-hybridized carbons (Fsp3) is 0.421. The van der Waals surface area contributed by atoms with Gasteiger partial charge in [-0.25, -0.2) is 0 Å². The second-order valence-electron chi connectivity index (χ2n) is 6.50. The molecule has 0 bridgehead atoms. The molecule has 2 aliphatic heterocycles. The highest BCUT2D eigenvalue weighted by atomic mass is 16.7. The van der Waals surface area contributed by atoms with Gasteiger partial charge in [0.15, 0.2) is 5.79 Å². The van der Waals surface area contributed by atoms with Gasteiger partial charge < -0.3 is 19.7 Å². The van der Waals surface area contributed by atoms with Gasteiger partial charge in [-0.3, -0.25) is 14.8 Å². The first-order valence-electron chi connectivity index (χ1n) is 8.91. The van der Waals surface area contributed by atoms with Gasteiger partial charge in [-0.15, -0.1) is 0 Å². The topological polar surface area (TPSA) is 76.6 Å². The van der Waals surface area contributed by atoms with Crippen molar-refractivity contribution in [2.45, 2.75) is 25.2 Å². The number of ether oxygens (including phenoxy) is 2. The van der Waals surface area contributed by atoms with Gasteiger partial charge in [0.1, 0.15) is 5.69 Å². The Bertz CT molecular complexity index is 752. The maximum absolute atomic E-state index is 12.4. The van der Waals surface area contributed by atoms with E-state index in [-0.39, 0.29) is 5.91 Å². The number of pyridine rings is 2. The van der Waals surface area contributed by atoms with E-state index in [1.807, 2.05) is 30.3 Å². The summed E-state index contributed by atoms with van der Waals surface area (Å²) in [5, 5.41) is 2.86. The Kier molecular flexibility index (Phi) is 4.81. The number of piperidine rings is 1. The number of hydrogen-bond donors (Lipinski definition) is 1. The second kappa shape index (κ2) is 7.39. The molecule has 2 saturated heterocycles. The predicted molar refractivity (Wildman–Crippen MR) is 95.7 cm³/mol. The zero-order valence-corrected chi connectivity index (χ0v) is 14.6. The fourth-order valence-corrected chi connectivity index (χ4v) is 3.40. The van der Waals surface area contributed by atoms with Crippen LogP contribution in [-0.2, 0) is 16.0 Å². The normalized spacial score (nSPS) is 18.8. The summed E-state index contributed by atoms with van der Waals surface area (Å²) < 4.78 is 11.5. The zero-order chi connectivity index (χ0) is 17.8. The van der Waals surface area contributed by atoms with Crippen molar-refractivity contribution in [3.8, 4) is 0 Å². The van der Waals surface area contributed by atoms with Gasteiger partial charge in [0.05, 0.1) is 25.5 Å². The molecule has 0 saturated carbocycles. The van der Waals surface area contributed by atoms with E-state index in [9.17, 15) is 4.79 Å². The molecule has 4 rings (SSSR count). The lowest BCUT2D eigenvalue weighted by Gasteiger charge is -2.38. The van der Waals surface area contributed by atoms with E-state index < -0.39 is 5.79 Å². The van der Waals surface area contributed by atoms with E-state index in [1.54, 1.807) is 12.4 Å². The summed E-state index contributed by atoms with van der Waals surface area (Å²) in [5.41, 5.74) is 2.22. The van der Waals surface area contributed by atoms with Crippen LogP contribution in [0.2, 0.25) is 0 Å². The quantitative estimate of drug-likeness (QED) is 0.901. The number of carbonyl (C=O) groups excluding carboxylic acids is 1. The molecule has 7 heteroatoms. The summed E-state index contributed by atoms with van der Waals surface area (Å²) in [6, 6.07) is 9.39. The van der Waals surface area contributed by atoms with Crippen molar-refractivity contribution < 1.29 is 14.3 Å². The molecule has 4 heterocycles. The molecule has 1 N–H and O–H groups in total. The first kappa shape index (κ1) is 16.9. The molecule has 7 nitrogen and oxygen atoms in total. The Morgan fingerprint density at radius 3 is 2.65 bits per heavy atom. The van der Waals surface area contributed by atoms with Gasteiger partial charge in [-0.05, 0) is 24.3 Å². The highest BCUT2D eigenvalue weighted by Gasteiger charge is 2.39. The molecular weight excluding hydrogens is 332 g/mol. The first-order chi connectivity index (χ1) is 12.7. The smallest absolute Gasteiger partial charge is 0.270 e. The van der Waals surface area contributed by atoms with E-state index in [2.05, 4.69) is 20.2 Å². The second-order valence-corrected chi connectivity index (χ2v) is 6.50. The Labute approximate surface area is 152 Å². The zero-order valence-electron chi connectivity index (χ0n) is 14.6. The maximum Gasteiger partial charge on any atom is 0.270 e. The van der Waals surface area contributed by atoms with Crippen LogP contribution in [0.3, 0.4) is 0 Å². The van der Waals surface area contributed by atoms with E-state index in [1.165, 1.54) is 0 Å². The molecule has 0 aromatic carbocycles. The minimum absolute atomic E-state index is 0.201. The van der Waals surface area contributed by atoms with Crippen LogP contribution in [0.15, 0.2) is 42.7 Å². The Balaban J connectivity index is 1.38. The molecule has 2 aromatic rings. The van der Waals surface area contributed by atoms with Crippen LogP contribution in [0.4, 0.5) is 5.69 Å². The summed E-state index contributed by atoms with van der Waals surface area (Å²) in [6.45, 7) is 3.40. The van der Waals surface area contributed by atoms with Gasteiger partial charge in [-0.1, -0.05) is 6.07 Å². The standard InChI is InChI=1S/C19H22N4O3/c24-18(22-14-15-3-1-2-7-20-15)17-13-16(4-8-21-17)23-9-5-19(6-10-23)25-11-12-26-19/h1-4,7-8,13H,5-6,9-12,14H2,(H,22,24). The molecular formula is C19H22N4O3. The summed E-state index contributed by atoms with van der Waals surface area (Å²) in [7, 11) is 0. The van der Waals surface area contributed by atoms with Gasteiger partial charge in [0.2, 0.25) is 0 Å². The molecule has 0 radical (unpaired) electrons. The summed E-state index contributed by atoms with van der Waals surface area (Å²) >= 11 is 0. The largest absolute Gasteiger partial charge is 0.371 e. The van der Waals surface area contributed by atoms with Crippen molar-refractivity contribution in [1.29, 1.82) is 0 Å². The molecule has 26 heavy (non-hydrogen) atoms. The third kappa shape index (κ3) is 3.68. The number of carbonyl (C=O) groups is 1. The monoisotopic (exact) mass is 354 g/mol. The molecule has 136 valence electrons. The molecule has 2 fully saturated rings. The average molecular weight is 354 g/mol. The predicted octanol–water partition coefficient (Wildman–Crippen LogP) is 1.75. The highest BCUT2D eigenvalue weighted by molar-refractivity contribution is 5.93. The number of aromatic nitrogens is 2. The molecule has 0 aliphatic carbocycles. The molecule has 0 unspecified atom stereocenters. The average Bonchev–Trinajstić information content (AvgIpc) is 3.15. The molecule has 0 atom stereocenters. The van der Waals surface area contributed by atoms with Crippen LogP contribution in [0.5, 0.6) is 0 Å². The van der Waals surface area contributed by atoms with Crippen LogP contribution in [0.1, 0.15) is 29.0 Å². The van der Waals surface area contributed by atoms with Crippen molar-refractivity contribution in [3.63, 3.8) is 0 Å². The van der Waals surface area contributed by atoms with Crippen LogP contribution in [0.25, 0.3) is 0 Å². The van der Waals surface area contributed by atoms with E-state index in [0.29, 0.717) is 25.5 Å². The van der Waals surface area contributed by atoms with E-state index >= 15 is 0 Å². The van der Waals surface area contributed by atoms with Crippen LogP contribution in [-0.4, -0.2) is 48.0 Å². The lowest BCUT2D eigenvalue weighted by atomic mass is 10.0. The Hall–Kier alpha value is -2.51. The summed E-state index contributed by atoms with van der Waals surface area (Å²) in [4.78, 5) is 23.1. The van der Waals surface area contributed by atoms with Crippen molar-refractivity contribution in [3.05, 3.63) is 54.1 Å². The molecule has 1 amide bonds. The summed E-state index contributed by atoms with van der Waals surface area (Å²) in [6.07, 6.45) is 5.05. The van der Waals surface area contributed by atoms with Crippen LogP contribution < -0.4 is 10.2 Å². The van der Waals surface area contributed by atoms with Crippen molar-refractivity contribution in [2.24, 2.45) is 0 Å². The number of rotatable bonds is 4. The number of nitrogens with zero attached hydrogens (tertiary/aromatic N) is 3. The third-order valence-corrected chi connectivity index (χ3v) is 4.84. The Morgan fingerprint density at radius 2 is 1.92 bits per heavy atom. The number of amides is 1. The third-order valence-electron chi connectivity index (χ3n) is 4.84. The van der Waals surface area contributed by atoms with E-state index in [4.69, 9.17) is 9.47 Å². The van der Waals surface area contributed by atoms with Crippen molar-refractivity contribution >= 4 is 11.6 Å². The van der Waals surface area contributed by atoms with Crippen molar-refractivity contribution in [1.82, 2.24) is 15.3 Å². The highest BCUT2D eigenvalue weighted by Crippen LogP contribution is 2.33. The van der Waals surface area contributed by atoms with E-state index in [0.717, 1.165) is 37.3 Å². The number of anilines is 1. The SMILES string of the molecule is O=C(NCc1ccccn1)c1cc(N2CCC3(CC2)OCCO3)ccn1. The fourth-order valence-electron chi connectivity index (χ4n) is 3.40. The first-order valence-corrected chi connectivity index (χ1v) is 8.91. The van der Waals surface area contributed by atoms with Crippen LogP contribution in [0, 0.1) is 0 Å². The lowest BCUT2D eigenvalue weighted by molar-refractivity contribution is -0.169. The minimum atomic E-state index is -0.396. The minimum Gasteiger partial charge on any atom is -0.371 e. The Morgan fingerprint density at radius 1 is 1.12 bits per heavy atom. The van der Waals surface area contributed by atoms with Gasteiger partial charge >= 0.3 is 0 Å². The van der Waals surface area contributed by atoms with Gasteiger partial charge in [0, 0.05) is 44.0 Å². The number of hydrogen-bond acceptors (Lipinski definition) is 6. The molecule has 2 aromatic heterocycles. The van der Waals surface area contributed by atoms with Crippen LogP contribution >= 0.6 is 0 Å². The van der Waals surface area contributed by atoms with Gasteiger partial charge in [-0.2, -0.15) is 0 Å². The van der Waals surface area contributed by atoms with Gasteiger partial charge in [0.25, 0.3) is 5.91 Å². The molecule has 1 spiro atoms. The number of nitrogens with one attached hydrogen (secondary N) is 1. The maximum atomic E-state index is 12.4. The lowest BCUT2D eigenvalue weighted by Crippen LogP contribution is -2.45. The summed E-state index contributed by atoms with van der Waals surface area (Å²) in [5.74, 6) is -0.597. The molecule has 2 aliphatic rings.